The third-order valence-electron chi connectivity index (χ3n) is 3.25. The summed E-state index contributed by atoms with van der Waals surface area (Å²) in [6, 6.07) is 12.3. The number of imide groups is 1. The lowest BCUT2D eigenvalue weighted by atomic mass is 10.0. The molecule has 2 N–H and O–H groups in total. The van der Waals surface area contributed by atoms with Gasteiger partial charge in [0.05, 0.1) is 0 Å². The van der Waals surface area contributed by atoms with Crippen molar-refractivity contribution in [3.05, 3.63) is 77.3 Å². The van der Waals surface area contributed by atoms with Gasteiger partial charge in [0.25, 0.3) is 5.91 Å². The fraction of sp³-hybridized carbons (Fsp3) is 0.105. The Morgan fingerprint density at radius 3 is 2.15 bits per heavy atom. The van der Waals surface area contributed by atoms with Crippen LogP contribution in [0.3, 0.4) is 0 Å². The summed E-state index contributed by atoms with van der Waals surface area (Å²) in [5, 5.41) is 5.08. The van der Waals surface area contributed by atoms with Crippen LogP contribution in [-0.2, 0) is 4.79 Å². The highest BCUT2D eigenvalue weighted by Gasteiger charge is 2.10. The Labute approximate surface area is 155 Å². The molecule has 0 aromatic heterocycles. The molecule has 134 valence electrons. The Morgan fingerprint density at radius 2 is 1.58 bits per heavy atom. The molecule has 0 atom stereocenters. The van der Waals surface area contributed by atoms with Crippen LogP contribution in [0.25, 0.3) is 0 Å². The van der Waals surface area contributed by atoms with Crippen LogP contribution in [-0.4, -0.2) is 30.9 Å². The predicted molar refractivity (Wildman–Crippen MR) is 98.6 cm³/mol. The summed E-state index contributed by atoms with van der Waals surface area (Å²) in [5.41, 5.74) is 1.00. The first kappa shape index (κ1) is 19.2. The van der Waals surface area contributed by atoms with E-state index in [1.165, 1.54) is 6.08 Å². The number of halogens is 1. The molecular formula is C19H17ClN2O4. The summed E-state index contributed by atoms with van der Waals surface area (Å²) in [5.74, 6) is -0.336. The molecule has 0 unspecified atom stereocenters. The monoisotopic (exact) mass is 372 g/mol. The first-order valence-corrected chi connectivity index (χ1v) is 8.09. The smallest absolute Gasteiger partial charge is 0.321 e. The molecule has 0 aliphatic heterocycles. The van der Waals surface area contributed by atoms with E-state index < -0.39 is 11.9 Å². The number of benzene rings is 2. The van der Waals surface area contributed by atoms with Crippen molar-refractivity contribution >= 4 is 29.3 Å². The van der Waals surface area contributed by atoms with Crippen LogP contribution in [0.5, 0.6) is 5.75 Å². The fourth-order valence-corrected chi connectivity index (χ4v) is 2.12. The van der Waals surface area contributed by atoms with Crippen molar-refractivity contribution in [2.45, 2.75) is 0 Å². The van der Waals surface area contributed by atoms with Gasteiger partial charge in [0.15, 0.2) is 12.4 Å². The number of ether oxygens (including phenoxy) is 1. The standard InChI is InChI=1S/C19H17ClN2O4/c1-2-11-21-19(25)22-17(23)12-26-16-9-5-14(6-10-16)18(24)13-3-7-15(20)8-4-13/h2-10H,1,11-12H2,(H2,21,22,23,25). The van der Waals surface area contributed by atoms with Gasteiger partial charge in [0.1, 0.15) is 5.75 Å². The van der Waals surface area contributed by atoms with Gasteiger partial charge < -0.3 is 10.1 Å². The van der Waals surface area contributed by atoms with E-state index in [4.69, 9.17) is 16.3 Å². The SMILES string of the molecule is C=CCNC(=O)NC(=O)COc1ccc(C(=O)c2ccc(Cl)cc2)cc1. The first-order chi connectivity index (χ1) is 12.5. The molecule has 6 nitrogen and oxygen atoms in total. The maximum atomic E-state index is 12.3. The van der Waals surface area contributed by atoms with Crippen molar-refractivity contribution in [1.29, 1.82) is 0 Å². The zero-order valence-electron chi connectivity index (χ0n) is 13.8. The highest BCUT2D eigenvalue weighted by atomic mass is 35.5. The van der Waals surface area contributed by atoms with Gasteiger partial charge in [-0.3, -0.25) is 14.9 Å². The van der Waals surface area contributed by atoms with Gasteiger partial charge in [-0.25, -0.2) is 4.79 Å². The molecular weight excluding hydrogens is 356 g/mol. The molecule has 0 bridgehead atoms. The molecule has 0 spiro atoms. The third-order valence-corrected chi connectivity index (χ3v) is 3.50. The largest absolute Gasteiger partial charge is 0.484 e. The van der Waals surface area contributed by atoms with Crippen LogP contribution in [0.2, 0.25) is 5.02 Å². The summed E-state index contributed by atoms with van der Waals surface area (Å²) >= 11 is 5.81. The minimum Gasteiger partial charge on any atom is -0.484 e. The van der Waals surface area contributed by atoms with Crippen molar-refractivity contribution in [2.24, 2.45) is 0 Å². The Balaban J connectivity index is 1.88. The molecule has 3 amide bonds. The van der Waals surface area contributed by atoms with E-state index in [2.05, 4.69) is 17.2 Å². The summed E-state index contributed by atoms with van der Waals surface area (Å²) in [4.78, 5) is 35.2. The summed E-state index contributed by atoms with van der Waals surface area (Å²) in [7, 11) is 0. The average molecular weight is 373 g/mol. The average Bonchev–Trinajstić information content (AvgIpc) is 2.65. The van der Waals surface area contributed by atoms with E-state index in [0.29, 0.717) is 21.9 Å². The Morgan fingerprint density at radius 1 is 1.00 bits per heavy atom. The molecule has 0 radical (unpaired) electrons. The van der Waals surface area contributed by atoms with Crippen LogP contribution < -0.4 is 15.4 Å². The van der Waals surface area contributed by atoms with Gasteiger partial charge in [-0.2, -0.15) is 0 Å². The molecule has 0 saturated carbocycles. The van der Waals surface area contributed by atoms with Gasteiger partial charge in [-0.15, -0.1) is 6.58 Å². The summed E-state index contributed by atoms with van der Waals surface area (Å²) in [6.07, 6.45) is 1.49. The van der Waals surface area contributed by atoms with Crippen LogP contribution in [0, 0.1) is 0 Å². The van der Waals surface area contributed by atoms with Gasteiger partial charge in [-0.05, 0) is 48.5 Å². The second kappa shape index (κ2) is 9.39. The first-order valence-electron chi connectivity index (χ1n) is 7.71. The highest BCUT2D eigenvalue weighted by molar-refractivity contribution is 6.30. The lowest BCUT2D eigenvalue weighted by molar-refractivity contribution is -0.122. The maximum Gasteiger partial charge on any atom is 0.321 e. The minimum atomic E-state index is -0.623. The number of hydrogen-bond acceptors (Lipinski definition) is 4. The van der Waals surface area contributed by atoms with Crippen LogP contribution in [0.15, 0.2) is 61.2 Å². The number of nitrogens with one attached hydrogen (secondary N) is 2. The molecule has 0 fully saturated rings. The Bertz CT molecular complexity index is 801. The van der Waals surface area contributed by atoms with Crippen LogP contribution in [0.4, 0.5) is 4.79 Å². The molecule has 0 heterocycles. The molecule has 2 aromatic carbocycles. The molecule has 0 aliphatic rings. The molecule has 2 aromatic rings. The zero-order chi connectivity index (χ0) is 18.9. The number of rotatable bonds is 7. The maximum absolute atomic E-state index is 12.3. The van der Waals surface area contributed by atoms with E-state index in [1.54, 1.807) is 48.5 Å². The second-order valence-corrected chi connectivity index (χ2v) is 5.63. The molecule has 26 heavy (non-hydrogen) atoms. The molecule has 0 saturated heterocycles. The molecule has 0 aliphatic carbocycles. The lowest BCUT2D eigenvalue weighted by Crippen LogP contribution is -2.41. The number of hydrogen-bond donors (Lipinski definition) is 2. The highest BCUT2D eigenvalue weighted by Crippen LogP contribution is 2.17. The van der Waals surface area contributed by atoms with E-state index >= 15 is 0 Å². The number of carbonyl (C=O) groups excluding carboxylic acids is 3. The van der Waals surface area contributed by atoms with Crippen molar-refractivity contribution in [3.8, 4) is 5.75 Å². The predicted octanol–water partition coefficient (Wildman–Crippen LogP) is 2.96. The molecule has 2 rings (SSSR count). The normalized spacial score (nSPS) is 9.88. The van der Waals surface area contributed by atoms with Crippen molar-refractivity contribution < 1.29 is 19.1 Å². The van der Waals surface area contributed by atoms with Crippen LogP contribution in [0.1, 0.15) is 15.9 Å². The van der Waals surface area contributed by atoms with Gasteiger partial charge in [0, 0.05) is 22.7 Å². The number of carbonyl (C=O) groups is 3. The molecule has 7 heteroatoms. The van der Waals surface area contributed by atoms with E-state index in [1.807, 2.05) is 0 Å². The van der Waals surface area contributed by atoms with Crippen molar-refractivity contribution in [1.82, 2.24) is 10.6 Å². The van der Waals surface area contributed by atoms with Gasteiger partial charge in [0.2, 0.25) is 0 Å². The fourth-order valence-electron chi connectivity index (χ4n) is 1.99. The van der Waals surface area contributed by atoms with Gasteiger partial charge in [-0.1, -0.05) is 17.7 Å². The van der Waals surface area contributed by atoms with Crippen molar-refractivity contribution in [3.63, 3.8) is 0 Å². The van der Waals surface area contributed by atoms with E-state index in [0.717, 1.165) is 0 Å². The van der Waals surface area contributed by atoms with Gasteiger partial charge >= 0.3 is 6.03 Å². The van der Waals surface area contributed by atoms with Crippen molar-refractivity contribution in [2.75, 3.05) is 13.2 Å². The van der Waals surface area contributed by atoms with E-state index in [-0.39, 0.29) is 18.9 Å². The Kier molecular flexibility index (Phi) is 6.93. The number of urea groups is 1. The minimum absolute atomic E-state index is 0.148. The second-order valence-electron chi connectivity index (χ2n) is 5.20. The topological polar surface area (TPSA) is 84.5 Å². The summed E-state index contributed by atoms with van der Waals surface area (Å²) in [6.45, 7) is 3.37. The van der Waals surface area contributed by atoms with E-state index in [9.17, 15) is 14.4 Å². The Hall–Kier alpha value is -3.12. The number of amides is 3. The zero-order valence-corrected chi connectivity index (χ0v) is 14.6. The third kappa shape index (κ3) is 5.75. The van der Waals surface area contributed by atoms with Crippen LogP contribution >= 0.6 is 11.6 Å². The number of ketones is 1. The summed E-state index contributed by atoms with van der Waals surface area (Å²) < 4.78 is 5.29. The quantitative estimate of drug-likeness (QED) is 0.578. The lowest BCUT2D eigenvalue weighted by Gasteiger charge is -2.08.